The lowest BCUT2D eigenvalue weighted by Gasteiger charge is -2.27. The van der Waals surface area contributed by atoms with Crippen LogP contribution in [0, 0.1) is 5.82 Å². The Morgan fingerprint density at radius 1 is 1.22 bits per heavy atom. The van der Waals surface area contributed by atoms with Gasteiger partial charge in [0, 0.05) is 18.3 Å². The number of amides is 1. The van der Waals surface area contributed by atoms with E-state index in [4.69, 9.17) is 4.74 Å². The van der Waals surface area contributed by atoms with Crippen molar-refractivity contribution in [2.45, 2.75) is 32.4 Å². The normalized spacial score (nSPS) is 14.7. The van der Waals surface area contributed by atoms with Gasteiger partial charge in [0.05, 0.1) is 19.0 Å². The first kappa shape index (κ1) is 19.1. The number of carbonyl (C=O) groups is 1. The molecule has 2 aromatic rings. The average Bonchev–Trinajstić information content (AvgIpc) is 2.66. The van der Waals surface area contributed by atoms with E-state index in [1.54, 1.807) is 22.9 Å². The Labute approximate surface area is 157 Å². The smallest absolute Gasteiger partial charge is 0.244 e. The molecule has 1 N–H and O–H groups in total. The molecule has 1 saturated heterocycles. The van der Waals surface area contributed by atoms with Crippen molar-refractivity contribution in [2.75, 3.05) is 25.5 Å². The molecule has 0 radical (unpaired) electrons. The van der Waals surface area contributed by atoms with E-state index in [-0.39, 0.29) is 29.3 Å². The fourth-order valence-corrected chi connectivity index (χ4v) is 3.28. The van der Waals surface area contributed by atoms with Gasteiger partial charge in [0.1, 0.15) is 12.4 Å². The Kier molecular flexibility index (Phi) is 6.24. The van der Waals surface area contributed by atoms with Crippen molar-refractivity contribution >= 4 is 11.6 Å². The third kappa shape index (κ3) is 4.95. The summed E-state index contributed by atoms with van der Waals surface area (Å²) in [6.45, 7) is 2.50. The summed E-state index contributed by atoms with van der Waals surface area (Å²) in [6, 6.07) is 7.54. The van der Waals surface area contributed by atoms with Crippen molar-refractivity contribution in [2.24, 2.45) is 0 Å². The molecular weight excluding hydrogens is 349 g/mol. The highest BCUT2D eigenvalue weighted by molar-refractivity contribution is 5.90. The maximum Gasteiger partial charge on any atom is 0.244 e. The Morgan fingerprint density at radius 3 is 2.67 bits per heavy atom. The Morgan fingerprint density at radius 2 is 1.96 bits per heavy atom. The van der Waals surface area contributed by atoms with Crippen molar-refractivity contribution in [3.05, 3.63) is 58.3 Å². The van der Waals surface area contributed by atoms with Gasteiger partial charge in [-0.1, -0.05) is 18.6 Å². The highest BCUT2D eigenvalue weighted by Gasteiger charge is 2.16. The van der Waals surface area contributed by atoms with Crippen molar-refractivity contribution in [3.8, 4) is 5.75 Å². The summed E-state index contributed by atoms with van der Waals surface area (Å²) in [5.41, 5.74) is 0.662. The Hall–Kier alpha value is -2.67. The molecule has 6 nitrogen and oxygen atoms in total. The maximum atomic E-state index is 13.8. The standard InChI is InChI=1S/C20H24FN3O3/c1-27-19-13-24(14-20(26)22-17-8-4-3-7-16(17)21)15(11-18(19)25)12-23-9-5-2-6-10-23/h3-4,7-8,11,13H,2,5-6,9-10,12,14H2,1H3,(H,22,26). The van der Waals surface area contributed by atoms with E-state index < -0.39 is 5.82 Å². The summed E-state index contributed by atoms with van der Waals surface area (Å²) in [6.07, 6.45) is 5.03. The number of para-hydroxylation sites is 1. The maximum absolute atomic E-state index is 13.8. The first-order valence-corrected chi connectivity index (χ1v) is 9.11. The third-order valence-electron chi connectivity index (χ3n) is 4.70. The molecule has 0 unspecified atom stereocenters. The quantitative estimate of drug-likeness (QED) is 0.846. The van der Waals surface area contributed by atoms with Crippen LogP contribution in [0.1, 0.15) is 25.0 Å². The van der Waals surface area contributed by atoms with Crippen LogP contribution in [0.25, 0.3) is 0 Å². The number of likely N-dealkylation sites (tertiary alicyclic amines) is 1. The number of halogens is 1. The summed E-state index contributed by atoms with van der Waals surface area (Å²) in [4.78, 5) is 26.9. The second-order valence-electron chi connectivity index (χ2n) is 6.69. The zero-order chi connectivity index (χ0) is 19.2. The van der Waals surface area contributed by atoms with Gasteiger partial charge in [0.25, 0.3) is 0 Å². The van der Waals surface area contributed by atoms with Crippen LogP contribution in [0.5, 0.6) is 5.75 Å². The Balaban J connectivity index is 1.80. The number of nitrogens with zero attached hydrogens (tertiary/aromatic N) is 2. The van der Waals surface area contributed by atoms with Gasteiger partial charge in [-0.15, -0.1) is 0 Å². The second kappa shape index (κ2) is 8.81. The topological polar surface area (TPSA) is 63.6 Å². The number of benzene rings is 1. The minimum Gasteiger partial charge on any atom is -0.491 e. The number of carbonyl (C=O) groups excluding carboxylic acids is 1. The summed E-state index contributed by atoms with van der Waals surface area (Å²) >= 11 is 0. The number of rotatable bonds is 6. The number of nitrogens with one attached hydrogen (secondary N) is 1. The highest BCUT2D eigenvalue weighted by Crippen LogP contribution is 2.16. The van der Waals surface area contributed by atoms with Crippen molar-refractivity contribution in [1.82, 2.24) is 9.47 Å². The molecule has 3 rings (SSSR count). The molecular formula is C20H24FN3O3. The zero-order valence-electron chi connectivity index (χ0n) is 15.4. The molecule has 0 spiro atoms. The van der Waals surface area contributed by atoms with E-state index in [9.17, 15) is 14.0 Å². The van der Waals surface area contributed by atoms with E-state index in [1.165, 1.54) is 31.7 Å². The van der Waals surface area contributed by atoms with Crippen LogP contribution in [-0.2, 0) is 17.9 Å². The van der Waals surface area contributed by atoms with Gasteiger partial charge in [-0.05, 0) is 38.1 Å². The number of anilines is 1. The first-order chi connectivity index (χ1) is 13.1. The van der Waals surface area contributed by atoms with Gasteiger partial charge in [0.2, 0.25) is 11.3 Å². The molecule has 27 heavy (non-hydrogen) atoms. The number of hydrogen-bond donors (Lipinski definition) is 1. The molecule has 144 valence electrons. The summed E-state index contributed by atoms with van der Waals surface area (Å²) in [5.74, 6) is -0.682. The molecule has 2 heterocycles. The minimum absolute atomic E-state index is 0.0336. The van der Waals surface area contributed by atoms with Crippen LogP contribution >= 0.6 is 0 Å². The fraction of sp³-hybridized carbons (Fsp3) is 0.400. The van der Waals surface area contributed by atoms with Gasteiger partial charge in [-0.3, -0.25) is 14.5 Å². The van der Waals surface area contributed by atoms with Gasteiger partial charge < -0.3 is 14.6 Å². The van der Waals surface area contributed by atoms with E-state index in [0.29, 0.717) is 6.54 Å². The molecule has 1 aliphatic heterocycles. The fourth-order valence-electron chi connectivity index (χ4n) is 3.28. The van der Waals surface area contributed by atoms with Crippen LogP contribution in [0.2, 0.25) is 0 Å². The molecule has 1 aromatic heterocycles. The number of aromatic nitrogens is 1. The monoisotopic (exact) mass is 373 g/mol. The van der Waals surface area contributed by atoms with E-state index in [1.807, 2.05) is 0 Å². The van der Waals surface area contributed by atoms with E-state index >= 15 is 0 Å². The average molecular weight is 373 g/mol. The number of ether oxygens (including phenoxy) is 1. The van der Waals surface area contributed by atoms with Gasteiger partial charge in [-0.2, -0.15) is 0 Å². The van der Waals surface area contributed by atoms with Crippen molar-refractivity contribution in [3.63, 3.8) is 0 Å². The first-order valence-electron chi connectivity index (χ1n) is 9.11. The molecule has 1 amide bonds. The van der Waals surface area contributed by atoms with Gasteiger partial charge in [-0.25, -0.2) is 4.39 Å². The van der Waals surface area contributed by atoms with E-state index in [2.05, 4.69) is 10.2 Å². The molecule has 0 bridgehead atoms. The van der Waals surface area contributed by atoms with E-state index in [0.717, 1.165) is 31.6 Å². The predicted molar refractivity (Wildman–Crippen MR) is 101 cm³/mol. The van der Waals surface area contributed by atoms with Crippen LogP contribution in [0.15, 0.2) is 41.3 Å². The molecule has 1 aliphatic rings. The summed E-state index contributed by atoms with van der Waals surface area (Å²) in [7, 11) is 1.42. The molecule has 0 atom stereocenters. The van der Waals surface area contributed by atoms with Crippen molar-refractivity contribution in [1.29, 1.82) is 0 Å². The lowest BCUT2D eigenvalue weighted by atomic mass is 10.1. The third-order valence-corrected chi connectivity index (χ3v) is 4.70. The second-order valence-corrected chi connectivity index (χ2v) is 6.69. The molecule has 7 heteroatoms. The lowest BCUT2D eigenvalue weighted by molar-refractivity contribution is -0.116. The van der Waals surface area contributed by atoms with Crippen LogP contribution in [-0.4, -0.2) is 35.6 Å². The number of piperidine rings is 1. The predicted octanol–water partition coefficient (Wildman–Crippen LogP) is 2.62. The Bertz CT molecular complexity index is 860. The molecule has 1 fully saturated rings. The zero-order valence-corrected chi connectivity index (χ0v) is 15.4. The van der Waals surface area contributed by atoms with Gasteiger partial charge >= 0.3 is 0 Å². The van der Waals surface area contributed by atoms with Crippen LogP contribution < -0.4 is 15.5 Å². The summed E-state index contributed by atoms with van der Waals surface area (Å²) < 4.78 is 20.6. The van der Waals surface area contributed by atoms with Crippen LogP contribution in [0.3, 0.4) is 0 Å². The molecule has 0 aliphatic carbocycles. The summed E-state index contributed by atoms with van der Waals surface area (Å²) in [5, 5.41) is 2.57. The number of pyridine rings is 1. The minimum atomic E-state index is -0.489. The van der Waals surface area contributed by atoms with Gasteiger partial charge in [0.15, 0.2) is 5.75 Å². The highest BCUT2D eigenvalue weighted by atomic mass is 19.1. The molecule has 1 aromatic carbocycles. The van der Waals surface area contributed by atoms with Crippen LogP contribution in [0.4, 0.5) is 10.1 Å². The SMILES string of the molecule is COc1cn(CC(=O)Nc2ccccc2F)c(CN2CCCCC2)cc1=O. The number of hydrogen-bond acceptors (Lipinski definition) is 4. The lowest BCUT2D eigenvalue weighted by Crippen LogP contribution is -2.32. The van der Waals surface area contributed by atoms with Crippen molar-refractivity contribution < 1.29 is 13.9 Å². The number of methoxy groups -OCH3 is 1. The largest absolute Gasteiger partial charge is 0.491 e. The molecule has 0 saturated carbocycles.